The Hall–Kier alpha value is -2.73. The maximum absolute atomic E-state index is 12.4. The summed E-state index contributed by atoms with van der Waals surface area (Å²) in [5.41, 5.74) is 1.13. The Kier molecular flexibility index (Phi) is 7.11. The summed E-state index contributed by atoms with van der Waals surface area (Å²) in [4.78, 5) is 13.6. The van der Waals surface area contributed by atoms with Gasteiger partial charge in [-0.3, -0.25) is 9.52 Å². The van der Waals surface area contributed by atoms with Gasteiger partial charge in [-0.15, -0.1) is 11.3 Å². The normalized spacial score (nSPS) is 11.8. The lowest BCUT2D eigenvalue weighted by Gasteiger charge is -2.09. The first-order valence-corrected chi connectivity index (χ1v) is 13.4. The van der Waals surface area contributed by atoms with Crippen molar-refractivity contribution >= 4 is 48.7 Å². The van der Waals surface area contributed by atoms with Crippen molar-refractivity contribution in [2.45, 2.75) is 11.3 Å². The Morgan fingerprint density at radius 2 is 1.55 bits per heavy atom. The highest BCUT2D eigenvalue weighted by Crippen LogP contribution is 2.17. The van der Waals surface area contributed by atoms with Crippen LogP contribution in [0.15, 0.2) is 70.9 Å². The summed E-state index contributed by atoms with van der Waals surface area (Å²) in [5, 5.41) is 4.62. The third kappa shape index (κ3) is 6.89. The van der Waals surface area contributed by atoms with E-state index in [1.807, 2.05) is 17.5 Å². The molecule has 0 aliphatic heterocycles. The van der Waals surface area contributed by atoms with Gasteiger partial charge in [0.25, 0.3) is 5.91 Å². The van der Waals surface area contributed by atoms with Crippen LogP contribution in [0.3, 0.4) is 0 Å². The standard InChI is InChI=1S/C20H21N3O5S3/c1-30(25,26)23-17-8-6-16(7-9-17)22-20(24)15-4-10-19(11-5-15)31(27,28)21-13-12-18-3-2-14-29-18/h2-11,14,21,23H,12-13H2,1H3,(H,22,24). The minimum Gasteiger partial charge on any atom is -0.322 e. The van der Waals surface area contributed by atoms with Gasteiger partial charge in [-0.05, 0) is 66.4 Å². The Balaban J connectivity index is 1.59. The van der Waals surface area contributed by atoms with Crippen molar-refractivity contribution < 1.29 is 21.6 Å². The molecule has 0 atom stereocenters. The number of thiophene rings is 1. The van der Waals surface area contributed by atoms with Gasteiger partial charge in [0.05, 0.1) is 11.2 Å². The number of hydrogen-bond donors (Lipinski definition) is 3. The summed E-state index contributed by atoms with van der Waals surface area (Å²) in [6, 6.07) is 15.6. The third-order valence-corrected chi connectivity index (χ3v) is 7.14. The first kappa shape index (κ1) is 22.9. The molecule has 0 saturated carbocycles. The number of carbonyl (C=O) groups excluding carboxylic acids is 1. The molecule has 3 aromatic rings. The molecule has 0 saturated heterocycles. The first-order chi connectivity index (χ1) is 14.6. The Labute approximate surface area is 185 Å². The fourth-order valence-corrected chi connectivity index (χ4v) is 4.98. The van der Waals surface area contributed by atoms with E-state index < -0.39 is 26.0 Å². The molecule has 1 heterocycles. The van der Waals surface area contributed by atoms with Crippen molar-refractivity contribution in [3.05, 3.63) is 76.5 Å². The van der Waals surface area contributed by atoms with Gasteiger partial charge in [-0.1, -0.05) is 6.07 Å². The molecule has 8 nitrogen and oxygen atoms in total. The van der Waals surface area contributed by atoms with Crippen molar-refractivity contribution in [2.24, 2.45) is 0 Å². The first-order valence-electron chi connectivity index (χ1n) is 9.14. The lowest BCUT2D eigenvalue weighted by molar-refractivity contribution is 0.102. The third-order valence-electron chi connectivity index (χ3n) is 4.12. The van der Waals surface area contributed by atoms with Crippen LogP contribution in [0.1, 0.15) is 15.2 Å². The van der Waals surface area contributed by atoms with Gasteiger partial charge in [0.2, 0.25) is 20.0 Å². The smallest absolute Gasteiger partial charge is 0.255 e. The Morgan fingerprint density at radius 3 is 2.13 bits per heavy atom. The second-order valence-corrected chi connectivity index (χ2v) is 11.2. The van der Waals surface area contributed by atoms with Crippen molar-refractivity contribution in [2.75, 3.05) is 22.8 Å². The van der Waals surface area contributed by atoms with E-state index in [0.717, 1.165) is 11.1 Å². The van der Waals surface area contributed by atoms with Crippen LogP contribution in [0.4, 0.5) is 11.4 Å². The molecule has 2 aromatic carbocycles. The molecule has 0 unspecified atom stereocenters. The number of rotatable bonds is 9. The van der Waals surface area contributed by atoms with Crippen LogP contribution in [0, 0.1) is 0 Å². The predicted octanol–water partition coefficient (Wildman–Crippen LogP) is 2.89. The SMILES string of the molecule is CS(=O)(=O)Nc1ccc(NC(=O)c2ccc(S(=O)(=O)NCCc3cccs3)cc2)cc1. The molecule has 1 aromatic heterocycles. The van der Waals surface area contributed by atoms with Crippen LogP contribution < -0.4 is 14.8 Å². The van der Waals surface area contributed by atoms with Gasteiger partial charge in [-0.2, -0.15) is 0 Å². The summed E-state index contributed by atoms with van der Waals surface area (Å²) in [6.45, 7) is 0.287. The van der Waals surface area contributed by atoms with Crippen molar-refractivity contribution in [3.8, 4) is 0 Å². The number of amides is 1. The Morgan fingerprint density at radius 1 is 0.903 bits per heavy atom. The van der Waals surface area contributed by atoms with Gasteiger partial charge in [0.15, 0.2) is 0 Å². The molecular formula is C20H21N3O5S3. The minimum atomic E-state index is -3.67. The number of hydrogen-bond acceptors (Lipinski definition) is 6. The summed E-state index contributed by atoms with van der Waals surface area (Å²) >= 11 is 1.57. The zero-order valence-corrected chi connectivity index (χ0v) is 19.0. The van der Waals surface area contributed by atoms with Gasteiger partial charge in [0.1, 0.15) is 0 Å². The molecule has 0 spiro atoms. The summed E-state index contributed by atoms with van der Waals surface area (Å²) in [6.07, 6.45) is 1.65. The molecule has 11 heteroatoms. The van der Waals surface area contributed by atoms with Gasteiger partial charge >= 0.3 is 0 Å². The van der Waals surface area contributed by atoms with Crippen LogP contribution >= 0.6 is 11.3 Å². The van der Waals surface area contributed by atoms with Crippen LogP contribution in [-0.2, 0) is 26.5 Å². The molecule has 0 aliphatic rings. The second-order valence-electron chi connectivity index (χ2n) is 6.66. The highest BCUT2D eigenvalue weighted by molar-refractivity contribution is 7.92. The summed E-state index contributed by atoms with van der Waals surface area (Å²) in [5.74, 6) is -0.418. The van der Waals surface area contributed by atoms with Gasteiger partial charge in [-0.25, -0.2) is 21.6 Å². The number of sulfonamides is 2. The van der Waals surface area contributed by atoms with E-state index in [2.05, 4.69) is 14.8 Å². The van der Waals surface area contributed by atoms with Crippen LogP contribution in [0.25, 0.3) is 0 Å². The Bertz CT molecular complexity index is 1240. The van der Waals surface area contributed by atoms with E-state index in [9.17, 15) is 21.6 Å². The monoisotopic (exact) mass is 479 g/mol. The zero-order chi connectivity index (χ0) is 22.5. The highest BCUT2D eigenvalue weighted by atomic mass is 32.2. The highest BCUT2D eigenvalue weighted by Gasteiger charge is 2.15. The maximum Gasteiger partial charge on any atom is 0.255 e. The number of carbonyl (C=O) groups is 1. The topological polar surface area (TPSA) is 121 Å². The molecular weight excluding hydrogens is 458 g/mol. The lowest BCUT2D eigenvalue weighted by Crippen LogP contribution is -2.26. The lowest BCUT2D eigenvalue weighted by atomic mass is 10.2. The molecule has 0 fully saturated rings. The largest absolute Gasteiger partial charge is 0.322 e. The van der Waals surface area contributed by atoms with E-state index in [-0.39, 0.29) is 17.0 Å². The van der Waals surface area contributed by atoms with E-state index in [0.29, 0.717) is 17.8 Å². The van der Waals surface area contributed by atoms with Crippen LogP contribution in [0.5, 0.6) is 0 Å². The average Bonchev–Trinajstić information content (AvgIpc) is 3.22. The molecule has 0 radical (unpaired) electrons. The fourth-order valence-electron chi connectivity index (χ4n) is 2.67. The molecule has 3 N–H and O–H groups in total. The summed E-state index contributed by atoms with van der Waals surface area (Å²) in [7, 11) is -7.05. The zero-order valence-electron chi connectivity index (χ0n) is 16.5. The number of benzene rings is 2. The van der Waals surface area contributed by atoms with Gasteiger partial charge in [0, 0.05) is 28.4 Å². The molecule has 1 amide bonds. The molecule has 164 valence electrons. The quantitative estimate of drug-likeness (QED) is 0.436. The van der Waals surface area contributed by atoms with Crippen LogP contribution in [-0.4, -0.2) is 35.5 Å². The molecule has 0 aliphatic carbocycles. The van der Waals surface area contributed by atoms with E-state index in [4.69, 9.17) is 0 Å². The summed E-state index contributed by atoms with van der Waals surface area (Å²) < 4.78 is 52.2. The van der Waals surface area contributed by atoms with Crippen molar-refractivity contribution in [3.63, 3.8) is 0 Å². The average molecular weight is 480 g/mol. The second kappa shape index (κ2) is 9.60. The van der Waals surface area contributed by atoms with E-state index in [1.54, 1.807) is 23.5 Å². The molecule has 31 heavy (non-hydrogen) atoms. The number of nitrogens with one attached hydrogen (secondary N) is 3. The van der Waals surface area contributed by atoms with Crippen molar-refractivity contribution in [1.82, 2.24) is 4.72 Å². The van der Waals surface area contributed by atoms with E-state index >= 15 is 0 Å². The number of anilines is 2. The minimum absolute atomic E-state index is 0.0754. The fraction of sp³-hybridized carbons (Fsp3) is 0.150. The predicted molar refractivity (Wildman–Crippen MR) is 123 cm³/mol. The maximum atomic E-state index is 12.4. The van der Waals surface area contributed by atoms with Gasteiger partial charge < -0.3 is 5.32 Å². The van der Waals surface area contributed by atoms with Crippen molar-refractivity contribution in [1.29, 1.82) is 0 Å². The van der Waals surface area contributed by atoms with Crippen LogP contribution in [0.2, 0.25) is 0 Å². The molecule has 0 bridgehead atoms. The molecule has 3 rings (SSSR count). The van der Waals surface area contributed by atoms with E-state index in [1.165, 1.54) is 36.4 Å².